The van der Waals surface area contributed by atoms with Gasteiger partial charge in [0, 0.05) is 19.1 Å². The Morgan fingerprint density at radius 2 is 1.87 bits per heavy atom. The zero-order valence-corrected chi connectivity index (χ0v) is 11.0. The van der Waals surface area contributed by atoms with Crippen molar-refractivity contribution in [2.24, 2.45) is 11.3 Å². The molecular formula is C13H25ClO. The van der Waals surface area contributed by atoms with Crippen LogP contribution in [0, 0.1) is 11.3 Å². The van der Waals surface area contributed by atoms with Crippen LogP contribution in [0.25, 0.3) is 0 Å². The molecule has 0 atom stereocenters. The van der Waals surface area contributed by atoms with Gasteiger partial charge in [0.2, 0.25) is 0 Å². The molecule has 0 spiro atoms. The molecule has 1 fully saturated rings. The Hall–Kier alpha value is 0.250. The van der Waals surface area contributed by atoms with E-state index in [0.29, 0.717) is 11.3 Å². The summed E-state index contributed by atoms with van der Waals surface area (Å²) >= 11 is 6.12. The number of hydrogen-bond donors (Lipinski definition) is 0. The molecule has 0 amide bonds. The molecule has 0 aromatic rings. The van der Waals surface area contributed by atoms with Crippen LogP contribution in [-0.4, -0.2) is 19.1 Å². The van der Waals surface area contributed by atoms with Gasteiger partial charge in [0.1, 0.15) is 0 Å². The second-order valence-corrected chi connectivity index (χ2v) is 5.68. The van der Waals surface area contributed by atoms with Crippen LogP contribution in [0.15, 0.2) is 0 Å². The molecule has 0 aliphatic heterocycles. The zero-order valence-electron chi connectivity index (χ0n) is 10.2. The average molecular weight is 233 g/mol. The molecule has 0 saturated heterocycles. The van der Waals surface area contributed by atoms with E-state index in [2.05, 4.69) is 13.8 Å². The molecule has 0 aromatic carbocycles. The fourth-order valence-corrected chi connectivity index (χ4v) is 2.76. The maximum absolute atomic E-state index is 6.12. The van der Waals surface area contributed by atoms with Gasteiger partial charge in [-0.15, -0.1) is 11.6 Å². The highest BCUT2D eigenvalue weighted by Crippen LogP contribution is 2.40. The van der Waals surface area contributed by atoms with Crippen LogP contribution in [-0.2, 0) is 4.74 Å². The van der Waals surface area contributed by atoms with Gasteiger partial charge < -0.3 is 4.74 Å². The minimum Gasteiger partial charge on any atom is -0.381 e. The third-order valence-electron chi connectivity index (χ3n) is 3.43. The fraction of sp³-hybridized carbons (Fsp3) is 1.00. The quantitative estimate of drug-likeness (QED) is 0.492. The summed E-state index contributed by atoms with van der Waals surface area (Å²) < 4.78 is 5.67. The summed E-state index contributed by atoms with van der Waals surface area (Å²) in [6, 6.07) is 0. The van der Waals surface area contributed by atoms with E-state index in [4.69, 9.17) is 16.3 Å². The Morgan fingerprint density at radius 3 is 2.40 bits per heavy atom. The van der Waals surface area contributed by atoms with Crippen molar-refractivity contribution in [3.05, 3.63) is 0 Å². The van der Waals surface area contributed by atoms with Gasteiger partial charge in [-0.2, -0.15) is 0 Å². The van der Waals surface area contributed by atoms with Gasteiger partial charge in [0.05, 0.1) is 0 Å². The molecule has 15 heavy (non-hydrogen) atoms. The lowest BCUT2D eigenvalue weighted by Gasteiger charge is -2.35. The predicted octanol–water partition coefficient (Wildman–Crippen LogP) is 4.24. The highest BCUT2D eigenvalue weighted by atomic mass is 35.5. The summed E-state index contributed by atoms with van der Waals surface area (Å²) in [4.78, 5) is 0. The van der Waals surface area contributed by atoms with Crippen LogP contribution >= 0.6 is 11.6 Å². The molecule has 2 heteroatoms. The van der Waals surface area contributed by atoms with Crippen molar-refractivity contribution in [2.75, 3.05) is 19.1 Å². The van der Waals surface area contributed by atoms with Gasteiger partial charge in [-0.25, -0.2) is 0 Å². The van der Waals surface area contributed by atoms with Crippen LogP contribution in [0.2, 0.25) is 0 Å². The van der Waals surface area contributed by atoms with Crippen molar-refractivity contribution in [2.45, 2.75) is 52.4 Å². The lowest BCUT2D eigenvalue weighted by Crippen LogP contribution is -2.28. The van der Waals surface area contributed by atoms with Gasteiger partial charge in [0.15, 0.2) is 0 Å². The Kier molecular flexibility index (Phi) is 5.99. The van der Waals surface area contributed by atoms with E-state index in [0.717, 1.165) is 25.5 Å². The molecule has 0 radical (unpaired) electrons. The van der Waals surface area contributed by atoms with Gasteiger partial charge in [0.25, 0.3) is 0 Å². The summed E-state index contributed by atoms with van der Waals surface area (Å²) in [5, 5.41) is 0. The molecule has 0 aromatic heterocycles. The van der Waals surface area contributed by atoms with Crippen LogP contribution < -0.4 is 0 Å². The summed E-state index contributed by atoms with van der Waals surface area (Å²) in [5.41, 5.74) is 0.400. The van der Waals surface area contributed by atoms with Gasteiger partial charge >= 0.3 is 0 Å². The second-order valence-electron chi connectivity index (χ2n) is 5.41. The molecule has 1 rings (SSSR count). The molecule has 1 aliphatic carbocycles. The number of hydrogen-bond acceptors (Lipinski definition) is 1. The molecule has 90 valence electrons. The first kappa shape index (κ1) is 13.3. The van der Waals surface area contributed by atoms with Gasteiger partial charge in [-0.05, 0) is 30.6 Å². The van der Waals surface area contributed by atoms with Crippen molar-refractivity contribution >= 4 is 11.6 Å². The topological polar surface area (TPSA) is 9.23 Å². The molecule has 0 unspecified atom stereocenters. The predicted molar refractivity (Wildman–Crippen MR) is 66.5 cm³/mol. The number of ether oxygens (including phenoxy) is 1. The molecule has 0 N–H and O–H groups in total. The SMILES string of the molecule is CC(C)COCCC1(CCl)CCCCC1. The minimum absolute atomic E-state index is 0.400. The molecule has 1 nitrogen and oxygen atoms in total. The van der Waals surface area contributed by atoms with E-state index < -0.39 is 0 Å². The minimum atomic E-state index is 0.400. The second kappa shape index (κ2) is 6.75. The Labute approximate surface area is 99.5 Å². The smallest absolute Gasteiger partial charge is 0.0488 e. The molecule has 0 heterocycles. The normalized spacial score (nSPS) is 20.8. The maximum Gasteiger partial charge on any atom is 0.0488 e. The van der Waals surface area contributed by atoms with Gasteiger partial charge in [-0.3, -0.25) is 0 Å². The summed E-state index contributed by atoms with van der Waals surface area (Å²) in [6.07, 6.45) is 7.88. The molecule has 0 bridgehead atoms. The van der Waals surface area contributed by atoms with Crippen molar-refractivity contribution in [3.63, 3.8) is 0 Å². The number of rotatable bonds is 6. The van der Waals surface area contributed by atoms with Crippen LogP contribution in [0.4, 0.5) is 0 Å². The van der Waals surface area contributed by atoms with Crippen molar-refractivity contribution < 1.29 is 4.74 Å². The van der Waals surface area contributed by atoms with Crippen LogP contribution in [0.1, 0.15) is 52.4 Å². The van der Waals surface area contributed by atoms with Crippen LogP contribution in [0.5, 0.6) is 0 Å². The third-order valence-corrected chi connectivity index (χ3v) is 3.99. The highest BCUT2D eigenvalue weighted by molar-refractivity contribution is 6.18. The standard InChI is InChI=1S/C13H25ClO/c1-12(2)10-15-9-8-13(11-14)6-4-3-5-7-13/h12H,3-11H2,1-2H3. The van der Waals surface area contributed by atoms with Crippen LogP contribution in [0.3, 0.4) is 0 Å². The Balaban J connectivity index is 2.20. The van der Waals surface area contributed by atoms with E-state index in [1.165, 1.54) is 32.1 Å². The van der Waals surface area contributed by atoms with E-state index in [9.17, 15) is 0 Å². The molecule has 1 aliphatic rings. The summed E-state index contributed by atoms with van der Waals surface area (Å²) in [5.74, 6) is 1.46. The zero-order chi connectivity index (χ0) is 11.1. The highest BCUT2D eigenvalue weighted by Gasteiger charge is 2.30. The van der Waals surface area contributed by atoms with Gasteiger partial charge in [-0.1, -0.05) is 33.1 Å². The Morgan fingerprint density at radius 1 is 1.20 bits per heavy atom. The monoisotopic (exact) mass is 232 g/mol. The lowest BCUT2D eigenvalue weighted by atomic mass is 9.73. The first-order chi connectivity index (χ1) is 7.18. The Bertz CT molecular complexity index is 162. The molecular weight excluding hydrogens is 208 g/mol. The van der Waals surface area contributed by atoms with E-state index in [-0.39, 0.29) is 0 Å². The third kappa shape index (κ3) is 4.74. The first-order valence-corrected chi connectivity index (χ1v) is 6.86. The van der Waals surface area contributed by atoms with Crippen molar-refractivity contribution in [1.82, 2.24) is 0 Å². The summed E-state index contributed by atoms with van der Waals surface area (Å²) in [7, 11) is 0. The van der Waals surface area contributed by atoms with Crippen molar-refractivity contribution in [1.29, 1.82) is 0 Å². The van der Waals surface area contributed by atoms with E-state index in [1.54, 1.807) is 0 Å². The number of alkyl halides is 1. The maximum atomic E-state index is 6.12. The average Bonchev–Trinajstić information content (AvgIpc) is 2.26. The first-order valence-electron chi connectivity index (χ1n) is 6.32. The van der Waals surface area contributed by atoms with E-state index >= 15 is 0 Å². The lowest BCUT2D eigenvalue weighted by molar-refractivity contribution is 0.0693. The fourth-order valence-electron chi connectivity index (χ4n) is 2.36. The molecule has 1 saturated carbocycles. The van der Waals surface area contributed by atoms with E-state index in [1.807, 2.05) is 0 Å². The number of halogens is 1. The largest absolute Gasteiger partial charge is 0.381 e. The summed E-state index contributed by atoms with van der Waals surface area (Å²) in [6.45, 7) is 6.17. The van der Waals surface area contributed by atoms with Crippen molar-refractivity contribution in [3.8, 4) is 0 Å².